The number of anilines is 1. The predicted octanol–water partition coefficient (Wildman–Crippen LogP) is 3.29. The monoisotopic (exact) mass is 262 g/mol. The van der Waals surface area contributed by atoms with E-state index in [-0.39, 0.29) is 0 Å². The van der Waals surface area contributed by atoms with Crippen LogP contribution >= 0.6 is 0 Å². The minimum absolute atomic E-state index is 0.760. The molecular formula is C16H26N2O. The standard InChI is InChI=1S/C16H26N2O/c1-18(11-13-6-4-3-5-7-13)12-14-8-9-15(17)10-16(14)19-2/h8-10,13H,3-7,11-12,17H2,1-2H3. The van der Waals surface area contributed by atoms with Gasteiger partial charge in [-0.3, -0.25) is 0 Å². The van der Waals surface area contributed by atoms with Crippen LogP contribution in [0.2, 0.25) is 0 Å². The number of ether oxygens (including phenoxy) is 1. The normalized spacial score (nSPS) is 16.8. The molecule has 3 nitrogen and oxygen atoms in total. The molecule has 1 fully saturated rings. The van der Waals surface area contributed by atoms with Crippen LogP contribution in [0.3, 0.4) is 0 Å². The van der Waals surface area contributed by atoms with E-state index in [4.69, 9.17) is 10.5 Å². The quantitative estimate of drug-likeness (QED) is 0.828. The van der Waals surface area contributed by atoms with Crippen molar-refractivity contribution in [2.24, 2.45) is 5.92 Å². The van der Waals surface area contributed by atoms with Crippen molar-refractivity contribution >= 4 is 5.69 Å². The first kappa shape index (κ1) is 14.2. The maximum absolute atomic E-state index is 5.79. The maximum atomic E-state index is 5.79. The van der Waals surface area contributed by atoms with Crippen molar-refractivity contribution in [2.45, 2.75) is 38.6 Å². The van der Waals surface area contributed by atoms with Gasteiger partial charge in [-0.2, -0.15) is 0 Å². The molecule has 0 radical (unpaired) electrons. The first-order valence-electron chi connectivity index (χ1n) is 7.30. The van der Waals surface area contributed by atoms with Gasteiger partial charge >= 0.3 is 0 Å². The second-order valence-electron chi connectivity index (χ2n) is 5.77. The third kappa shape index (κ3) is 4.13. The van der Waals surface area contributed by atoms with Crippen LogP contribution in [0.15, 0.2) is 18.2 Å². The fourth-order valence-electron chi connectivity index (χ4n) is 3.06. The number of hydrogen-bond acceptors (Lipinski definition) is 3. The molecule has 0 atom stereocenters. The highest BCUT2D eigenvalue weighted by Crippen LogP contribution is 2.26. The van der Waals surface area contributed by atoms with Gasteiger partial charge in [0.2, 0.25) is 0 Å². The average Bonchev–Trinajstić information content (AvgIpc) is 2.42. The minimum Gasteiger partial charge on any atom is -0.496 e. The zero-order valence-electron chi connectivity index (χ0n) is 12.2. The Morgan fingerprint density at radius 3 is 2.68 bits per heavy atom. The van der Waals surface area contributed by atoms with E-state index < -0.39 is 0 Å². The number of rotatable bonds is 5. The molecule has 0 amide bonds. The molecule has 3 heteroatoms. The summed E-state index contributed by atoms with van der Waals surface area (Å²) in [5, 5.41) is 0. The van der Waals surface area contributed by atoms with Gasteiger partial charge in [0.15, 0.2) is 0 Å². The van der Waals surface area contributed by atoms with Crippen LogP contribution in [0.4, 0.5) is 5.69 Å². The van der Waals surface area contributed by atoms with Gasteiger partial charge in [-0.1, -0.05) is 25.3 Å². The Balaban J connectivity index is 1.92. The second kappa shape index (κ2) is 6.80. The molecule has 1 saturated carbocycles. The number of methoxy groups -OCH3 is 1. The van der Waals surface area contributed by atoms with Crippen LogP contribution in [0.5, 0.6) is 5.75 Å². The third-order valence-electron chi connectivity index (χ3n) is 4.05. The van der Waals surface area contributed by atoms with Gasteiger partial charge < -0.3 is 15.4 Å². The Bertz CT molecular complexity index is 400. The maximum Gasteiger partial charge on any atom is 0.125 e. The van der Waals surface area contributed by atoms with Gasteiger partial charge in [-0.15, -0.1) is 0 Å². The first-order valence-corrected chi connectivity index (χ1v) is 7.30. The number of nitrogens with two attached hydrogens (primary N) is 1. The Morgan fingerprint density at radius 2 is 2.00 bits per heavy atom. The molecule has 0 bridgehead atoms. The van der Waals surface area contributed by atoms with Crippen molar-refractivity contribution in [2.75, 3.05) is 26.4 Å². The molecule has 1 aliphatic carbocycles. The summed E-state index contributed by atoms with van der Waals surface area (Å²) in [5.74, 6) is 1.77. The largest absolute Gasteiger partial charge is 0.496 e. The molecule has 0 unspecified atom stereocenters. The molecule has 1 aromatic rings. The summed E-state index contributed by atoms with van der Waals surface area (Å²) in [6.45, 7) is 2.12. The van der Waals surface area contributed by atoms with Crippen LogP contribution < -0.4 is 10.5 Å². The van der Waals surface area contributed by atoms with Crippen molar-refractivity contribution in [3.05, 3.63) is 23.8 Å². The number of hydrogen-bond donors (Lipinski definition) is 1. The summed E-state index contributed by atoms with van der Waals surface area (Å²) >= 11 is 0. The third-order valence-corrected chi connectivity index (χ3v) is 4.05. The van der Waals surface area contributed by atoms with E-state index in [1.54, 1.807) is 7.11 Å². The van der Waals surface area contributed by atoms with Gasteiger partial charge in [0, 0.05) is 30.4 Å². The minimum atomic E-state index is 0.760. The van der Waals surface area contributed by atoms with E-state index in [1.165, 1.54) is 44.2 Å². The van der Waals surface area contributed by atoms with Crippen LogP contribution in [0, 0.1) is 5.92 Å². The molecule has 0 spiro atoms. The lowest BCUT2D eigenvalue weighted by Gasteiger charge is -2.27. The molecule has 2 N–H and O–H groups in total. The molecule has 19 heavy (non-hydrogen) atoms. The fraction of sp³-hybridized carbons (Fsp3) is 0.625. The van der Waals surface area contributed by atoms with Crippen molar-refractivity contribution in [1.29, 1.82) is 0 Å². The smallest absolute Gasteiger partial charge is 0.125 e. The van der Waals surface area contributed by atoms with E-state index in [1.807, 2.05) is 12.1 Å². The molecule has 0 heterocycles. The van der Waals surface area contributed by atoms with Gasteiger partial charge in [0.25, 0.3) is 0 Å². The zero-order chi connectivity index (χ0) is 13.7. The number of nitrogen functional groups attached to an aromatic ring is 1. The molecule has 0 saturated heterocycles. The molecule has 2 rings (SSSR count). The van der Waals surface area contributed by atoms with Crippen LogP contribution in [0.25, 0.3) is 0 Å². The highest BCUT2D eigenvalue weighted by Gasteiger charge is 2.16. The van der Waals surface area contributed by atoms with E-state index in [0.29, 0.717) is 0 Å². The van der Waals surface area contributed by atoms with Crippen molar-refractivity contribution in [3.63, 3.8) is 0 Å². The summed E-state index contributed by atoms with van der Waals surface area (Å²) in [4.78, 5) is 2.41. The van der Waals surface area contributed by atoms with Crippen LogP contribution in [-0.4, -0.2) is 25.6 Å². The Kier molecular flexibility index (Phi) is 5.08. The summed E-state index contributed by atoms with van der Waals surface area (Å²) in [6, 6.07) is 5.93. The summed E-state index contributed by atoms with van der Waals surface area (Å²) in [6.07, 6.45) is 7.02. The fourth-order valence-corrected chi connectivity index (χ4v) is 3.06. The van der Waals surface area contributed by atoms with E-state index in [9.17, 15) is 0 Å². The van der Waals surface area contributed by atoms with E-state index in [0.717, 1.165) is 23.9 Å². The summed E-state index contributed by atoms with van der Waals surface area (Å²) in [5.41, 5.74) is 7.77. The van der Waals surface area contributed by atoms with Gasteiger partial charge in [-0.25, -0.2) is 0 Å². The Morgan fingerprint density at radius 1 is 1.26 bits per heavy atom. The van der Waals surface area contributed by atoms with E-state index in [2.05, 4.69) is 18.0 Å². The first-order chi connectivity index (χ1) is 9.19. The SMILES string of the molecule is COc1cc(N)ccc1CN(C)CC1CCCCC1. The van der Waals surface area contributed by atoms with Crippen LogP contribution in [-0.2, 0) is 6.54 Å². The van der Waals surface area contributed by atoms with Crippen LogP contribution in [0.1, 0.15) is 37.7 Å². The predicted molar refractivity (Wildman–Crippen MR) is 80.3 cm³/mol. The highest BCUT2D eigenvalue weighted by molar-refractivity contribution is 5.48. The van der Waals surface area contributed by atoms with Gasteiger partial charge in [0.1, 0.15) is 5.75 Å². The lowest BCUT2D eigenvalue weighted by molar-refractivity contribution is 0.226. The van der Waals surface area contributed by atoms with E-state index >= 15 is 0 Å². The molecular weight excluding hydrogens is 236 g/mol. The average molecular weight is 262 g/mol. The number of benzene rings is 1. The lowest BCUT2D eigenvalue weighted by Crippen LogP contribution is -2.26. The Labute approximate surface area is 116 Å². The van der Waals surface area contributed by atoms with Gasteiger partial charge in [0.05, 0.1) is 7.11 Å². The number of nitrogens with zero attached hydrogens (tertiary/aromatic N) is 1. The molecule has 0 aliphatic heterocycles. The lowest BCUT2D eigenvalue weighted by atomic mass is 9.89. The summed E-state index contributed by atoms with van der Waals surface area (Å²) < 4.78 is 5.41. The summed E-state index contributed by atoms with van der Waals surface area (Å²) in [7, 11) is 3.91. The van der Waals surface area contributed by atoms with Gasteiger partial charge in [-0.05, 0) is 31.9 Å². The van der Waals surface area contributed by atoms with Crippen molar-refractivity contribution < 1.29 is 4.74 Å². The zero-order valence-corrected chi connectivity index (χ0v) is 12.2. The molecule has 1 aliphatic rings. The van der Waals surface area contributed by atoms with Crippen molar-refractivity contribution in [3.8, 4) is 5.75 Å². The topological polar surface area (TPSA) is 38.5 Å². The molecule has 1 aromatic carbocycles. The Hall–Kier alpha value is -1.22. The highest BCUT2D eigenvalue weighted by atomic mass is 16.5. The van der Waals surface area contributed by atoms with Crippen molar-refractivity contribution in [1.82, 2.24) is 4.90 Å². The molecule has 0 aromatic heterocycles. The second-order valence-corrected chi connectivity index (χ2v) is 5.77. The molecule has 106 valence electrons.